The van der Waals surface area contributed by atoms with Crippen molar-refractivity contribution < 1.29 is 9.90 Å². The van der Waals surface area contributed by atoms with Crippen LogP contribution in [0.2, 0.25) is 0 Å². The van der Waals surface area contributed by atoms with Crippen LogP contribution in [-0.2, 0) is 4.79 Å². The Balaban J connectivity index is 2.19. The number of hydrogen-bond donors (Lipinski definition) is 2. The van der Waals surface area contributed by atoms with Gasteiger partial charge in [0.25, 0.3) is 0 Å². The molecule has 2 rings (SSSR count). The summed E-state index contributed by atoms with van der Waals surface area (Å²) in [6, 6.07) is 0.296. The molecule has 2 unspecified atom stereocenters. The molecule has 0 amide bonds. The molecule has 7 heteroatoms. The van der Waals surface area contributed by atoms with Crippen LogP contribution in [0.5, 0.6) is 0 Å². The van der Waals surface area contributed by atoms with Gasteiger partial charge in [-0.15, -0.1) is 10.2 Å². The van der Waals surface area contributed by atoms with Gasteiger partial charge in [-0.2, -0.15) is 0 Å². The molecular formula is C11H18N4O2S. The van der Waals surface area contributed by atoms with Gasteiger partial charge in [-0.1, -0.05) is 31.5 Å². The van der Waals surface area contributed by atoms with E-state index < -0.39 is 5.97 Å². The molecule has 0 aromatic carbocycles. The Morgan fingerprint density at radius 3 is 2.89 bits per heavy atom. The fourth-order valence-electron chi connectivity index (χ4n) is 2.51. The first-order chi connectivity index (χ1) is 8.59. The van der Waals surface area contributed by atoms with Crippen molar-refractivity contribution in [3.05, 3.63) is 0 Å². The fourth-order valence-corrected chi connectivity index (χ4v) is 3.22. The van der Waals surface area contributed by atoms with Crippen LogP contribution in [0.3, 0.4) is 0 Å². The lowest BCUT2D eigenvalue weighted by Crippen LogP contribution is -2.23. The highest BCUT2D eigenvalue weighted by atomic mass is 32.2. The lowest BCUT2D eigenvalue weighted by atomic mass is 9.86. The molecule has 1 aromatic heterocycles. The second kappa shape index (κ2) is 5.60. The Morgan fingerprint density at radius 1 is 1.50 bits per heavy atom. The van der Waals surface area contributed by atoms with Crippen molar-refractivity contribution in [1.82, 2.24) is 14.8 Å². The van der Waals surface area contributed by atoms with Gasteiger partial charge in [0.1, 0.15) is 0 Å². The van der Waals surface area contributed by atoms with Crippen molar-refractivity contribution in [2.45, 2.75) is 43.8 Å². The number of carbonyl (C=O) groups is 1. The molecule has 1 aliphatic carbocycles. The lowest BCUT2D eigenvalue weighted by Gasteiger charge is -2.30. The second-order valence-corrected chi connectivity index (χ2v) is 5.66. The minimum atomic E-state index is -0.857. The Labute approximate surface area is 110 Å². The van der Waals surface area contributed by atoms with Crippen LogP contribution >= 0.6 is 11.8 Å². The smallest absolute Gasteiger partial charge is 0.313 e. The topological polar surface area (TPSA) is 94.0 Å². The molecule has 100 valence electrons. The van der Waals surface area contributed by atoms with Crippen molar-refractivity contribution in [2.24, 2.45) is 5.92 Å². The average Bonchev–Trinajstić information content (AvgIpc) is 2.69. The number of hydrogen-bond acceptors (Lipinski definition) is 5. The molecule has 0 spiro atoms. The van der Waals surface area contributed by atoms with Crippen LogP contribution in [0.1, 0.15) is 38.6 Å². The summed E-state index contributed by atoms with van der Waals surface area (Å²) in [5.41, 5.74) is 5.87. The average molecular weight is 270 g/mol. The van der Waals surface area contributed by atoms with Gasteiger partial charge in [0.05, 0.1) is 5.75 Å². The monoisotopic (exact) mass is 270 g/mol. The SMILES string of the molecule is CC1CCCCC1n1c(N)nnc1SCC(=O)O. The number of rotatable bonds is 4. The molecule has 18 heavy (non-hydrogen) atoms. The van der Waals surface area contributed by atoms with Crippen LogP contribution in [0, 0.1) is 5.92 Å². The maximum atomic E-state index is 10.6. The predicted octanol–water partition coefficient (Wildman–Crippen LogP) is 1.79. The van der Waals surface area contributed by atoms with Gasteiger partial charge < -0.3 is 10.8 Å². The lowest BCUT2D eigenvalue weighted by molar-refractivity contribution is -0.133. The first-order valence-corrected chi connectivity index (χ1v) is 7.13. The van der Waals surface area contributed by atoms with Crippen molar-refractivity contribution in [2.75, 3.05) is 11.5 Å². The van der Waals surface area contributed by atoms with E-state index in [9.17, 15) is 4.79 Å². The van der Waals surface area contributed by atoms with E-state index in [0.29, 0.717) is 23.1 Å². The number of aliphatic carboxylic acids is 1. The number of thioether (sulfide) groups is 1. The summed E-state index contributed by atoms with van der Waals surface area (Å²) in [6.07, 6.45) is 4.66. The summed E-state index contributed by atoms with van der Waals surface area (Å²) < 4.78 is 1.91. The van der Waals surface area contributed by atoms with E-state index in [1.54, 1.807) is 0 Å². The molecule has 0 aliphatic heterocycles. The Bertz CT molecular complexity index is 435. The highest BCUT2D eigenvalue weighted by Gasteiger charge is 2.27. The van der Waals surface area contributed by atoms with Crippen LogP contribution in [0.4, 0.5) is 5.95 Å². The Kier molecular flexibility index (Phi) is 4.11. The largest absolute Gasteiger partial charge is 0.481 e. The third-order valence-electron chi connectivity index (χ3n) is 3.41. The van der Waals surface area contributed by atoms with Gasteiger partial charge in [0.2, 0.25) is 5.95 Å². The van der Waals surface area contributed by atoms with Crippen LogP contribution in [0.25, 0.3) is 0 Å². The standard InChI is InChI=1S/C11H18N4O2S/c1-7-4-2-3-5-8(7)15-10(12)13-14-11(15)18-6-9(16)17/h7-8H,2-6H2,1H3,(H2,12,13)(H,16,17). The molecule has 1 fully saturated rings. The third kappa shape index (κ3) is 2.77. The molecule has 2 atom stereocenters. The van der Waals surface area contributed by atoms with Gasteiger partial charge >= 0.3 is 5.97 Å². The summed E-state index contributed by atoms with van der Waals surface area (Å²) >= 11 is 1.18. The Hall–Kier alpha value is -1.24. The molecular weight excluding hydrogens is 252 g/mol. The maximum Gasteiger partial charge on any atom is 0.313 e. The zero-order valence-electron chi connectivity index (χ0n) is 10.4. The minimum absolute atomic E-state index is 0.0146. The summed E-state index contributed by atoms with van der Waals surface area (Å²) in [5, 5.41) is 17.2. The fraction of sp³-hybridized carbons (Fsp3) is 0.727. The third-order valence-corrected chi connectivity index (χ3v) is 4.34. The van der Waals surface area contributed by atoms with Crippen molar-refractivity contribution in [3.8, 4) is 0 Å². The molecule has 3 N–H and O–H groups in total. The number of nitrogen functional groups attached to an aromatic ring is 1. The minimum Gasteiger partial charge on any atom is -0.481 e. The number of carboxylic acids is 1. The first kappa shape index (κ1) is 13.2. The number of nitrogens with two attached hydrogens (primary N) is 1. The van der Waals surface area contributed by atoms with Gasteiger partial charge in [-0.25, -0.2) is 0 Å². The zero-order chi connectivity index (χ0) is 13.1. The van der Waals surface area contributed by atoms with Gasteiger partial charge in [-0.05, 0) is 18.8 Å². The first-order valence-electron chi connectivity index (χ1n) is 6.14. The van der Waals surface area contributed by atoms with Gasteiger partial charge in [0, 0.05) is 6.04 Å². The van der Waals surface area contributed by atoms with Crippen LogP contribution < -0.4 is 5.73 Å². The predicted molar refractivity (Wildman–Crippen MR) is 69.5 cm³/mol. The van der Waals surface area contributed by atoms with Crippen molar-refractivity contribution >= 4 is 23.7 Å². The van der Waals surface area contributed by atoms with E-state index in [0.717, 1.165) is 6.42 Å². The molecule has 1 aromatic rings. The normalized spacial score (nSPS) is 24.1. The molecule has 6 nitrogen and oxygen atoms in total. The van der Waals surface area contributed by atoms with Gasteiger partial charge in [-0.3, -0.25) is 9.36 Å². The van der Waals surface area contributed by atoms with E-state index in [4.69, 9.17) is 10.8 Å². The quantitative estimate of drug-likeness (QED) is 0.810. The van der Waals surface area contributed by atoms with E-state index in [-0.39, 0.29) is 5.75 Å². The van der Waals surface area contributed by atoms with Crippen molar-refractivity contribution in [1.29, 1.82) is 0 Å². The van der Waals surface area contributed by atoms with Crippen LogP contribution in [0.15, 0.2) is 5.16 Å². The summed E-state index contributed by atoms with van der Waals surface area (Å²) in [7, 11) is 0. The second-order valence-electron chi connectivity index (χ2n) is 4.72. The number of carboxylic acid groups (broad SMARTS) is 1. The molecule has 0 saturated heterocycles. The zero-order valence-corrected chi connectivity index (χ0v) is 11.2. The van der Waals surface area contributed by atoms with E-state index >= 15 is 0 Å². The number of aromatic nitrogens is 3. The maximum absolute atomic E-state index is 10.6. The highest BCUT2D eigenvalue weighted by molar-refractivity contribution is 7.99. The van der Waals surface area contributed by atoms with E-state index in [1.165, 1.54) is 31.0 Å². The molecule has 0 bridgehead atoms. The summed E-state index contributed by atoms with van der Waals surface area (Å²) in [4.78, 5) is 10.6. The number of nitrogens with zero attached hydrogens (tertiary/aromatic N) is 3. The highest BCUT2D eigenvalue weighted by Crippen LogP contribution is 2.37. The van der Waals surface area contributed by atoms with E-state index in [2.05, 4.69) is 17.1 Å². The van der Waals surface area contributed by atoms with Gasteiger partial charge in [0.15, 0.2) is 5.16 Å². The molecule has 0 radical (unpaired) electrons. The summed E-state index contributed by atoms with van der Waals surface area (Å²) in [6.45, 7) is 2.20. The summed E-state index contributed by atoms with van der Waals surface area (Å²) in [5.74, 6) is 0.0480. The van der Waals surface area contributed by atoms with Crippen LogP contribution in [-0.4, -0.2) is 31.6 Å². The molecule has 1 saturated carbocycles. The Morgan fingerprint density at radius 2 is 2.22 bits per heavy atom. The molecule has 1 aliphatic rings. The molecule has 1 heterocycles. The van der Waals surface area contributed by atoms with Crippen molar-refractivity contribution in [3.63, 3.8) is 0 Å². The van der Waals surface area contributed by atoms with E-state index in [1.807, 2.05) is 4.57 Å². The number of anilines is 1.